The van der Waals surface area contributed by atoms with Crippen LogP contribution in [0.5, 0.6) is 0 Å². The van der Waals surface area contributed by atoms with Gasteiger partial charge in [0.2, 0.25) is 5.89 Å². The van der Waals surface area contributed by atoms with Crippen molar-refractivity contribution in [2.75, 3.05) is 6.54 Å². The molecule has 5 heteroatoms. The van der Waals surface area contributed by atoms with Crippen molar-refractivity contribution in [2.24, 2.45) is 11.7 Å². The molecule has 1 atom stereocenters. The molecule has 2 N–H and O–H groups in total. The second-order valence-electron chi connectivity index (χ2n) is 4.62. The molecule has 1 unspecified atom stereocenters. The molecule has 0 spiro atoms. The number of halogens is 1. The molecule has 1 aromatic heterocycles. The first-order valence-corrected chi connectivity index (χ1v) is 6.85. The van der Waals surface area contributed by atoms with Gasteiger partial charge in [-0.05, 0) is 30.2 Å². The molecule has 0 bridgehead atoms. The summed E-state index contributed by atoms with van der Waals surface area (Å²) in [5.41, 5.74) is 6.79. The Morgan fingerprint density at radius 1 is 1.32 bits per heavy atom. The Balaban J connectivity index is 1.99. The zero-order valence-corrected chi connectivity index (χ0v) is 11.7. The van der Waals surface area contributed by atoms with Crippen LogP contribution >= 0.6 is 11.6 Å². The largest absolute Gasteiger partial charge is 0.339 e. The van der Waals surface area contributed by atoms with Crippen LogP contribution in [0, 0.1) is 5.92 Å². The molecule has 19 heavy (non-hydrogen) atoms. The van der Waals surface area contributed by atoms with E-state index in [2.05, 4.69) is 17.1 Å². The molecule has 0 saturated heterocycles. The van der Waals surface area contributed by atoms with Gasteiger partial charge in [-0.2, -0.15) is 4.98 Å². The summed E-state index contributed by atoms with van der Waals surface area (Å²) in [5, 5.41) is 4.72. The highest BCUT2D eigenvalue weighted by Crippen LogP contribution is 2.14. The summed E-state index contributed by atoms with van der Waals surface area (Å²) in [6.07, 6.45) is 2.42. The minimum atomic E-state index is 0.406. The van der Waals surface area contributed by atoms with Crippen molar-refractivity contribution >= 4 is 11.6 Å². The van der Waals surface area contributed by atoms with E-state index in [4.69, 9.17) is 21.9 Å². The van der Waals surface area contributed by atoms with Gasteiger partial charge in [-0.3, -0.25) is 0 Å². The Hall–Kier alpha value is -1.39. The van der Waals surface area contributed by atoms with E-state index in [1.807, 2.05) is 24.3 Å². The van der Waals surface area contributed by atoms with Gasteiger partial charge >= 0.3 is 0 Å². The van der Waals surface area contributed by atoms with E-state index in [1.54, 1.807) is 0 Å². The molecule has 2 rings (SSSR count). The van der Waals surface area contributed by atoms with Gasteiger partial charge in [-0.1, -0.05) is 42.2 Å². The molecule has 0 fully saturated rings. The first-order chi connectivity index (χ1) is 9.21. The third-order valence-corrected chi connectivity index (χ3v) is 3.41. The smallest absolute Gasteiger partial charge is 0.226 e. The van der Waals surface area contributed by atoms with Gasteiger partial charge in [-0.25, -0.2) is 0 Å². The van der Waals surface area contributed by atoms with Crippen molar-refractivity contribution in [1.29, 1.82) is 0 Å². The summed E-state index contributed by atoms with van der Waals surface area (Å²) >= 11 is 5.85. The highest BCUT2D eigenvalue weighted by molar-refractivity contribution is 6.30. The molecule has 0 radical (unpaired) electrons. The van der Waals surface area contributed by atoms with Crippen LogP contribution in [-0.4, -0.2) is 16.7 Å². The molecule has 1 aromatic carbocycles. The summed E-state index contributed by atoms with van der Waals surface area (Å²) < 4.78 is 5.25. The standard InChI is InChI=1S/C14H18ClN3O/c1-2-10(9-16)8-14-17-13(18-19-14)7-11-3-5-12(15)6-4-11/h3-6,10H,2,7-9,16H2,1H3. The summed E-state index contributed by atoms with van der Waals surface area (Å²) in [6.45, 7) is 2.76. The van der Waals surface area contributed by atoms with Crippen molar-refractivity contribution in [3.05, 3.63) is 46.6 Å². The number of nitrogens with zero attached hydrogens (tertiary/aromatic N) is 2. The number of rotatable bonds is 6. The summed E-state index contributed by atoms with van der Waals surface area (Å²) in [6, 6.07) is 7.65. The molecular formula is C14H18ClN3O. The van der Waals surface area contributed by atoms with Gasteiger partial charge in [0.05, 0.1) is 0 Å². The maximum absolute atomic E-state index is 5.85. The third kappa shape index (κ3) is 4.04. The molecule has 2 aromatic rings. The van der Waals surface area contributed by atoms with Crippen molar-refractivity contribution < 1.29 is 4.52 Å². The Kier molecular flexibility index (Phi) is 4.93. The van der Waals surface area contributed by atoms with Crippen LogP contribution in [0.25, 0.3) is 0 Å². The highest BCUT2D eigenvalue weighted by Gasteiger charge is 2.12. The average molecular weight is 280 g/mol. The Morgan fingerprint density at radius 2 is 2.05 bits per heavy atom. The van der Waals surface area contributed by atoms with Crippen molar-refractivity contribution in [2.45, 2.75) is 26.2 Å². The second-order valence-corrected chi connectivity index (χ2v) is 5.06. The van der Waals surface area contributed by atoms with Crippen LogP contribution in [0.1, 0.15) is 30.6 Å². The van der Waals surface area contributed by atoms with E-state index in [-0.39, 0.29) is 0 Å². The molecule has 0 amide bonds. The number of aromatic nitrogens is 2. The second kappa shape index (κ2) is 6.68. The fourth-order valence-corrected chi connectivity index (χ4v) is 2.00. The van der Waals surface area contributed by atoms with Crippen molar-refractivity contribution in [1.82, 2.24) is 10.1 Å². The van der Waals surface area contributed by atoms with Crippen LogP contribution in [-0.2, 0) is 12.8 Å². The SMILES string of the molecule is CCC(CN)Cc1nc(Cc2ccc(Cl)cc2)no1. The first-order valence-electron chi connectivity index (χ1n) is 6.47. The number of nitrogens with two attached hydrogens (primary N) is 1. The predicted octanol–water partition coefficient (Wildman–Crippen LogP) is 2.84. The maximum atomic E-state index is 5.85. The van der Waals surface area contributed by atoms with Gasteiger partial charge in [0.15, 0.2) is 5.82 Å². The van der Waals surface area contributed by atoms with E-state index >= 15 is 0 Å². The molecule has 0 aliphatic rings. The number of hydrogen-bond donors (Lipinski definition) is 1. The fourth-order valence-electron chi connectivity index (χ4n) is 1.87. The Morgan fingerprint density at radius 3 is 2.68 bits per heavy atom. The van der Waals surface area contributed by atoms with Gasteiger partial charge in [0.1, 0.15) is 0 Å². The normalized spacial score (nSPS) is 12.6. The van der Waals surface area contributed by atoms with E-state index in [0.717, 1.165) is 23.4 Å². The van der Waals surface area contributed by atoms with E-state index in [9.17, 15) is 0 Å². The molecule has 102 valence electrons. The number of hydrogen-bond acceptors (Lipinski definition) is 4. The Labute approximate surface area is 118 Å². The lowest BCUT2D eigenvalue weighted by Gasteiger charge is -2.07. The minimum absolute atomic E-state index is 0.406. The lowest BCUT2D eigenvalue weighted by Crippen LogP contribution is -2.16. The molecule has 1 heterocycles. The van der Waals surface area contributed by atoms with Crippen LogP contribution in [0.3, 0.4) is 0 Å². The first kappa shape index (κ1) is 14.0. The van der Waals surface area contributed by atoms with E-state index in [1.165, 1.54) is 0 Å². The molecular weight excluding hydrogens is 262 g/mol. The zero-order valence-electron chi connectivity index (χ0n) is 11.0. The summed E-state index contributed by atoms with van der Waals surface area (Å²) in [4.78, 5) is 4.40. The van der Waals surface area contributed by atoms with Crippen LogP contribution in [0.15, 0.2) is 28.8 Å². The average Bonchev–Trinajstić information content (AvgIpc) is 2.86. The monoisotopic (exact) mass is 279 g/mol. The molecule has 0 aliphatic heterocycles. The lowest BCUT2D eigenvalue weighted by atomic mass is 10.0. The van der Waals surface area contributed by atoms with Gasteiger partial charge in [-0.15, -0.1) is 0 Å². The van der Waals surface area contributed by atoms with Gasteiger partial charge in [0, 0.05) is 17.9 Å². The number of benzene rings is 1. The molecule has 0 saturated carbocycles. The quantitative estimate of drug-likeness (QED) is 0.883. The summed E-state index contributed by atoms with van der Waals surface area (Å²) in [5.74, 6) is 1.77. The maximum Gasteiger partial charge on any atom is 0.226 e. The molecule has 4 nitrogen and oxygen atoms in total. The third-order valence-electron chi connectivity index (χ3n) is 3.16. The fraction of sp³-hybridized carbons (Fsp3) is 0.429. The summed E-state index contributed by atoms with van der Waals surface area (Å²) in [7, 11) is 0. The lowest BCUT2D eigenvalue weighted by molar-refractivity contribution is 0.347. The van der Waals surface area contributed by atoms with Crippen LogP contribution in [0.4, 0.5) is 0 Å². The topological polar surface area (TPSA) is 64.9 Å². The van der Waals surface area contributed by atoms with Crippen molar-refractivity contribution in [3.63, 3.8) is 0 Å². The van der Waals surface area contributed by atoms with Gasteiger partial charge < -0.3 is 10.3 Å². The zero-order chi connectivity index (χ0) is 13.7. The van der Waals surface area contributed by atoms with Gasteiger partial charge in [0.25, 0.3) is 0 Å². The Bertz CT molecular complexity index is 506. The minimum Gasteiger partial charge on any atom is -0.339 e. The predicted molar refractivity (Wildman–Crippen MR) is 75.1 cm³/mol. The van der Waals surface area contributed by atoms with E-state index < -0.39 is 0 Å². The molecule has 0 aliphatic carbocycles. The van der Waals surface area contributed by atoms with E-state index in [0.29, 0.717) is 30.6 Å². The van der Waals surface area contributed by atoms with Crippen molar-refractivity contribution in [3.8, 4) is 0 Å². The highest BCUT2D eigenvalue weighted by atomic mass is 35.5. The van der Waals surface area contributed by atoms with Crippen LogP contribution < -0.4 is 5.73 Å². The van der Waals surface area contributed by atoms with Crippen LogP contribution in [0.2, 0.25) is 5.02 Å².